The maximum absolute atomic E-state index is 12.9. The molecule has 2 N–H and O–H groups in total. The first-order chi connectivity index (χ1) is 15.0. The van der Waals surface area contributed by atoms with Crippen LogP contribution in [0.1, 0.15) is 36.7 Å². The number of carbonyl (C=O) groups is 1. The van der Waals surface area contributed by atoms with E-state index in [0.717, 1.165) is 5.56 Å². The molecule has 0 unspecified atom stereocenters. The van der Waals surface area contributed by atoms with Gasteiger partial charge in [0.25, 0.3) is 5.91 Å². The van der Waals surface area contributed by atoms with Crippen LogP contribution in [0.2, 0.25) is 5.02 Å². The third-order valence-electron chi connectivity index (χ3n) is 4.62. The number of nitrogens with zero attached hydrogens (tertiary/aromatic N) is 2. The normalized spacial score (nSPS) is 11.9. The predicted octanol–water partition coefficient (Wildman–Crippen LogP) is 4.03. The van der Waals surface area contributed by atoms with E-state index in [1.807, 2.05) is 20.8 Å². The van der Waals surface area contributed by atoms with Crippen molar-refractivity contribution in [3.8, 4) is 5.75 Å². The van der Waals surface area contributed by atoms with E-state index in [1.54, 1.807) is 35.1 Å². The van der Waals surface area contributed by atoms with E-state index in [1.165, 1.54) is 31.5 Å². The van der Waals surface area contributed by atoms with Crippen LogP contribution in [-0.2, 0) is 22.1 Å². The number of hydrogen-bond acceptors (Lipinski definition) is 5. The van der Waals surface area contributed by atoms with E-state index >= 15 is 0 Å². The maximum atomic E-state index is 12.9. The fraction of sp³-hybridized carbons (Fsp3) is 0.273. The van der Waals surface area contributed by atoms with Crippen molar-refractivity contribution in [3.05, 3.63) is 71.0 Å². The van der Waals surface area contributed by atoms with Crippen LogP contribution in [0.3, 0.4) is 0 Å². The van der Waals surface area contributed by atoms with Crippen LogP contribution in [0.5, 0.6) is 5.75 Å². The summed E-state index contributed by atoms with van der Waals surface area (Å²) in [4.78, 5) is 12.6. The highest BCUT2D eigenvalue weighted by Gasteiger charge is 2.22. The second-order valence-electron chi connectivity index (χ2n) is 8.12. The third-order valence-corrected chi connectivity index (χ3v) is 6.30. The number of aromatic nitrogens is 2. The maximum Gasteiger partial charge on any atom is 0.255 e. The Morgan fingerprint density at radius 2 is 1.84 bits per heavy atom. The molecule has 0 saturated heterocycles. The van der Waals surface area contributed by atoms with Gasteiger partial charge in [0.1, 0.15) is 10.6 Å². The number of methoxy groups -OCH3 is 1. The largest absolute Gasteiger partial charge is 0.495 e. The van der Waals surface area contributed by atoms with Gasteiger partial charge >= 0.3 is 0 Å². The molecule has 170 valence electrons. The SMILES string of the molecule is COc1ccc(C(=O)Nc2cnn(C(C)(C)C)c2)cc1S(=O)(=O)NCc1ccc(Cl)cc1. The summed E-state index contributed by atoms with van der Waals surface area (Å²) in [6.45, 7) is 6.03. The molecule has 0 saturated carbocycles. The second-order valence-corrected chi connectivity index (χ2v) is 10.3. The summed E-state index contributed by atoms with van der Waals surface area (Å²) >= 11 is 5.87. The molecule has 0 aliphatic carbocycles. The Labute approximate surface area is 192 Å². The van der Waals surface area contributed by atoms with E-state index < -0.39 is 15.9 Å². The molecule has 0 spiro atoms. The Balaban J connectivity index is 1.81. The number of carbonyl (C=O) groups excluding carboxylic acids is 1. The van der Waals surface area contributed by atoms with Crippen molar-refractivity contribution in [2.45, 2.75) is 37.8 Å². The molecule has 0 bridgehead atoms. The van der Waals surface area contributed by atoms with Crippen molar-refractivity contribution < 1.29 is 17.9 Å². The number of halogens is 1. The lowest BCUT2D eigenvalue weighted by atomic mass is 10.1. The van der Waals surface area contributed by atoms with Crippen molar-refractivity contribution >= 4 is 33.2 Å². The fourth-order valence-corrected chi connectivity index (χ4v) is 4.18. The molecule has 0 fully saturated rings. The Morgan fingerprint density at radius 3 is 2.44 bits per heavy atom. The number of anilines is 1. The molecular weight excluding hydrogens is 452 g/mol. The van der Waals surface area contributed by atoms with E-state index in [9.17, 15) is 13.2 Å². The van der Waals surface area contributed by atoms with Gasteiger partial charge in [-0.3, -0.25) is 9.48 Å². The first-order valence-electron chi connectivity index (χ1n) is 9.78. The smallest absolute Gasteiger partial charge is 0.255 e. The molecule has 32 heavy (non-hydrogen) atoms. The molecule has 0 aliphatic rings. The summed E-state index contributed by atoms with van der Waals surface area (Å²) in [5, 5.41) is 7.54. The van der Waals surface area contributed by atoms with Crippen molar-refractivity contribution in [2.24, 2.45) is 0 Å². The van der Waals surface area contributed by atoms with Crippen molar-refractivity contribution in [1.29, 1.82) is 0 Å². The molecule has 1 heterocycles. The minimum absolute atomic E-state index is 0.0606. The van der Waals surface area contributed by atoms with Crippen molar-refractivity contribution in [2.75, 3.05) is 12.4 Å². The number of amides is 1. The van der Waals surface area contributed by atoms with Gasteiger partial charge in [-0.15, -0.1) is 0 Å². The van der Waals surface area contributed by atoms with Crippen LogP contribution in [0.15, 0.2) is 59.8 Å². The molecule has 0 radical (unpaired) electrons. The van der Waals surface area contributed by atoms with Gasteiger partial charge in [0.15, 0.2) is 0 Å². The van der Waals surface area contributed by atoms with Crippen molar-refractivity contribution in [1.82, 2.24) is 14.5 Å². The summed E-state index contributed by atoms with van der Waals surface area (Å²) in [5.74, 6) is -0.332. The van der Waals surface area contributed by atoms with Gasteiger partial charge in [0.2, 0.25) is 10.0 Å². The summed E-state index contributed by atoms with van der Waals surface area (Å²) in [6.07, 6.45) is 3.25. The van der Waals surface area contributed by atoms with Crippen molar-refractivity contribution in [3.63, 3.8) is 0 Å². The molecule has 0 aliphatic heterocycles. The standard InChI is InChI=1S/C22H25ClN4O4S/c1-22(2,3)27-14-18(13-24-27)26-21(28)16-7-10-19(31-4)20(11-16)32(29,30)25-12-15-5-8-17(23)9-6-15/h5-11,13-14,25H,12H2,1-4H3,(H,26,28). The molecule has 10 heteroatoms. The Bertz CT molecular complexity index is 1220. The van der Waals surface area contributed by atoms with Gasteiger partial charge < -0.3 is 10.1 Å². The van der Waals surface area contributed by atoms with Gasteiger partial charge in [-0.1, -0.05) is 23.7 Å². The number of ether oxygens (including phenoxy) is 1. The average molecular weight is 477 g/mol. The molecule has 3 aromatic rings. The predicted molar refractivity (Wildman–Crippen MR) is 124 cm³/mol. The first-order valence-corrected chi connectivity index (χ1v) is 11.6. The lowest BCUT2D eigenvalue weighted by Gasteiger charge is -2.18. The summed E-state index contributed by atoms with van der Waals surface area (Å²) < 4.78 is 35.3. The Morgan fingerprint density at radius 1 is 1.16 bits per heavy atom. The minimum atomic E-state index is -3.96. The van der Waals surface area contributed by atoms with Gasteiger partial charge in [-0.05, 0) is 56.7 Å². The summed E-state index contributed by atoms with van der Waals surface area (Å²) in [7, 11) is -2.59. The quantitative estimate of drug-likeness (QED) is 0.536. The fourth-order valence-electron chi connectivity index (χ4n) is 2.84. The van der Waals surface area contributed by atoms with E-state index in [4.69, 9.17) is 16.3 Å². The van der Waals surface area contributed by atoms with Gasteiger partial charge in [-0.2, -0.15) is 5.10 Å². The zero-order valence-corrected chi connectivity index (χ0v) is 19.8. The Hall–Kier alpha value is -2.88. The highest BCUT2D eigenvalue weighted by Crippen LogP contribution is 2.26. The van der Waals surface area contributed by atoms with Crippen LogP contribution in [-0.4, -0.2) is 31.2 Å². The summed E-state index contributed by atoms with van der Waals surface area (Å²) in [6, 6.07) is 11.0. The summed E-state index contributed by atoms with van der Waals surface area (Å²) in [5.41, 5.74) is 1.17. The topological polar surface area (TPSA) is 102 Å². The number of sulfonamides is 1. The highest BCUT2D eigenvalue weighted by atomic mass is 35.5. The van der Waals surface area contributed by atoms with Gasteiger partial charge in [0.05, 0.1) is 24.5 Å². The van der Waals surface area contributed by atoms with E-state index in [2.05, 4.69) is 15.1 Å². The zero-order valence-electron chi connectivity index (χ0n) is 18.2. The molecule has 8 nitrogen and oxygen atoms in total. The zero-order chi connectivity index (χ0) is 23.5. The minimum Gasteiger partial charge on any atom is -0.495 e. The Kier molecular flexibility index (Phi) is 6.92. The van der Waals surface area contributed by atoms with Gasteiger partial charge in [0, 0.05) is 23.3 Å². The lowest BCUT2D eigenvalue weighted by Crippen LogP contribution is -2.24. The van der Waals surface area contributed by atoms with E-state index in [0.29, 0.717) is 10.7 Å². The second kappa shape index (κ2) is 9.32. The number of benzene rings is 2. The first kappa shape index (κ1) is 23.8. The van der Waals surface area contributed by atoms with E-state index in [-0.39, 0.29) is 28.3 Å². The van der Waals surface area contributed by atoms with Crippen LogP contribution in [0, 0.1) is 0 Å². The van der Waals surface area contributed by atoms with Crippen LogP contribution in [0.25, 0.3) is 0 Å². The van der Waals surface area contributed by atoms with Crippen LogP contribution >= 0.6 is 11.6 Å². The monoisotopic (exact) mass is 476 g/mol. The number of nitrogens with one attached hydrogen (secondary N) is 2. The third kappa shape index (κ3) is 5.67. The molecule has 1 aromatic heterocycles. The molecule has 1 amide bonds. The molecule has 0 atom stereocenters. The molecule has 2 aromatic carbocycles. The van der Waals surface area contributed by atoms with Crippen LogP contribution < -0.4 is 14.8 Å². The lowest BCUT2D eigenvalue weighted by molar-refractivity contribution is 0.102. The van der Waals surface area contributed by atoms with Crippen LogP contribution in [0.4, 0.5) is 5.69 Å². The highest BCUT2D eigenvalue weighted by molar-refractivity contribution is 7.89. The average Bonchev–Trinajstić information content (AvgIpc) is 3.22. The molecule has 3 rings (SSSR count). The molecular formula is C22H25ClN4O4S. The number of rotatable bonds is 7. The van der Waals surface area contributed by atoms with Gasteiger partial charge in [-0.25, -0.2) is 13.1 Å². The number of hydrogen-bond donors (Lipinski definition) is 2.